The van der Waals surface area contributed by atoms with Crippen LogP contribution >= 0.6 is 10.7 Å². The number of nitrogens with one attached hydrogen (secondary N) is 1. The van der Waals surface area contributed by atoms with E-state index < -0.39 is 9.05 Å². The number of carbonyl (C=O) groups excluding carboxylic acids is 1. The van der Waals surface area contributed by atoms with E-state index in [1.165, 1.54) is 6.07 Å². The van der Waals surface area contributed by atoms with Crippen LogP contribution < -0.4 is 5.32 Å². The highest BCUT2D eigenvalue weighted by molar-refractivity contribution is 8.13. The summed E-state index contributed by atoms with van der Waals surface area (Å²) in [5, 5.41) is 2.87. The first-order valence-electron chi connectivity index (χ1n) is 7.03. The van der Waals surface area contributed by atoms with Crippen LogP contribution in [0.25, 0.3) is 0 Å². The number of amides is 1. The van der Waals surface area contributed by atoms with Crippen LogP contribution in [0.15, 0.2) is 23.1 Å². The second kappa shape index (κ2) is 7.27. The van der Waals surface area contributed by atoms with Gasteiger partial charge >= 0.3 is 0 Å². The molecule has 0 spiro atoms. The van der Waals surface area contributed by atoms with Gasteiger partial charge in [-0.2, -0.15) is 0 Å². The number of aryl methyl sites for hydroxylation is 1. The Bertz CT molecular complexity index is 611. The lowest BCUT2D eigenvalue weighted by Crippen LogP contribution is -2.33. The summed E-state index contributed by atoms with van der Waals surface area (Å²) in [7, 11) is 1.58. The van der Waals surface area contributed by atoms with E-state index in [9.17, 15) is 13.2 Å². The van der Waals surface area contributed by atoms with Crippen LogP contribution in [0.5, 0.6) is 0 Å². The Hall–Kier alpha value is -1.07. The quantitative estimate of drug-likeness (QED) is 0.813. The third-order valence-electron chi connectivity index (χ3n) is 3.18. The second-order valence-corrected chi connectivity index (χ2v) is 8.15. The largest absolute Gasteiger partial charge is 0.350 e. The molecule has 0 fully saturated rings. The number of benzene rings is 1. The van der Waals surface area contributed by atoms with Gasteiger partial charge in [0.1, 0.15) is 0 Å². The standard InChI is InChI=1S/C15H22ClNO3S/c1-5-12-6-7-13(9-14(12)21(16,19)20)15(18)17-11(4)8-10(2)3/h6-7,9-11H,5,8H2,1-4H3,(H,17,18). The van der Waals surface area contributed by atoms with E-state index in [-0.39, 0.29) is 16.8 Å². The zero-order valence-electron chi connectivity index (χ0n) is 12.8. The van der Waals surface area contributed by atoms with Gasteiger partial charge in [-0.15, -0.1) is 0 Å². The van der Waals surface area contributed by atoms with Crippen molar-refractivity contribution in [2.75, 3.05) is 0 Å². The Labute approximate surface area is 131 Å². The third kappa shape index (κ3) is 5.32. The zero-order chi connectivity index (χ0) is 16.2. The van der Waals surface area contributed by atoms with Gasteiger partial charge in [0.05, 0.1) is 4.90 Å². The van der Waals surface area contributed by atoms with Gasteiger partial charge in [-0.3, -0.25) is 4.79 Å². The highest BCUT2D eigenvalue weighted by Crippen LogP contribution is 2.22. The first-order valence-corrected chi connectivity index (χ1v) is 9.34. The van der Waals surface area contributed by atoms with Crippen LogP contribution in [0.2, 0.25) is 0 Å². The predicted molar refractivity (Wildman–Crippen MR) is 85.2 cm³/mol. The number of hydrogen-bond donors (Lipinski definition) is 1. The number of hydrogen-bond acceptors (Lipinski definition) is 3. The van der Waals surface area contributed by atoms with Crippen LogP contribution in [0.1, 0.15) is 50.0 Å². The monoisotopic (exact) mass is 331 g/mol. The van der Waals surface area contributed by atoms with Crippen molar-refractivity contribution in [3.05, 3.63) is 29.3 Å². The van der Waals surface area contributed by atoms with E-state index in [1.807, 2.05) is 13.8 Å². The molecule has 0 aliphatic carbocycles. The molecule has 0 aliphatic heterocycles. The normalized spacial score (nSPS) is 13.2. The van der Waals surface area contributed by atoms with Gasteiger partial charge in [-0.1, -0.05) is 26.8 Å². The fraction of sp³-hybridized carbons (Fsp3) is 0.533. The van der Waals surface area contributed by atoms with E-state index in [2.05, 4.69) is 19.2 Å². The number of carbonyl (C=O) groups is 1. The lowest BCUT2D eigenvalue weighted by Gasteiger charge is -2.16. The minimum absolute atomic E-state index is 0.0100. The molecule has 1 N–H and O–H groups in total. The molecule has 4 nitrogen and oxygen atoms in total. The molecular formula is C15H22ClNO3S. The molecule has 6 heteroatoms. The smallest absolute Gasteiger partial charge is 0.261 e. The molecule has 0 saturated carbocycles. The van der Waals surface area contributed by atoms with Crippen LogP contribution in [-0.2, 0) is 15.5 Å². The molecule has 1 rings (SSSR count). The molecule has 0 radical (unpaired) electrons. The average Bonchev–Trinajstić information content (AvgIpc) is 2.35. The topological polar surface area (TPSA) is 63.2 Å². The molecule has 0 heterocycles. The summed E-state index contributed by atoms with van der Waals surface area (Å²) in [5.74, 6) is 0.189. The van der Waals surface area contributed by atoms with Crippen molar-refractivity contribution in [1.29, 1.82) is 0 Å². The Kier molecular flexibility index (Phi) is 6.23. The molecule has 0 aromatic heterocycles. The highest BCUT2D eigenvalue weighted by atomic mass is 35.7. The van der Waals surface area contributed by atoms with Crippen molar-refractivity contribution < 1.29 is 13.2 Å². The van der Waals surface area contributed by atoms with Gasteiger partial charge in [-0.25, -0.2) is 8.42 Å². The lowest BCUT2D eigenvalue weighted by atomic mass is 10.0. The predicted octanol–water partition coefficient (Wildman–Crippen LogP) is 3.34. The van der Waals surface area contributed by atoms with Crippen LogP contribution in [-0.4, -0.2) is 20.4 Å². The van der Waals surface area contributed by atoms with Gasteiger partial charge in [0.2, 0.25) is 0 Å². The maximum atomic E-state index is 12.2. The minimum Gasteiger partial charge on any atom is -0.350 e. The second-order valence-electron chi connectivity index (χ2n) is 5.62. The van der Waals surface area contributed by atoms with Gasteiger partial charge in [0, 0.05) is 22.3 Å². The van der Waals surface area contributed by atoms with E-state index in [4.69, 9.17) is 10.7 Å². The molecule has 1 amide bonds. The fourth-order valence-corrected chi connectivity index (χ4v) is 3.51. The fourth-order valence-electron chi connectivity index (χ4n) is 2.29. The van der Waals surface area contributed by atoms with Crippen LogP contribution in [0, 0.1) is 5.92 Å². The Morgan fingerprint density at radius 2 is 1.90 bits per heavy atom. The van der Waals surface area contributed by atoms with Crippen molar-refractivity contribution in [2.45, 2.75) is 51.5 Å². The van der Waals surface area contributed by atoms with Gasteiger partial charge in [0.25, 0.3) is 15.0 Å². The highest BCUT2D eigenvalue weighted by Gasteiger charge is 2.18. The first kappa shape index (κ1) is 18.0. The van der Waals surface area contributed by atoms with Gasteiger partial charge in [0.15, 0.2) is 0 Å². The van der Waals surface area contributed by atoms with Crippen LogP contribution in [0.4, 0.5) is 0 Å². The maximum Gasteiger partial charge on any atom is 0.261 e. The molecule has 1 aromatic carbocycles. The van der Waals surface area contributed by atoms with E-state index >= 15 is 0 Å². The SMILES string of the molecule is CCc1ccc(C(=O)NC(C)CC(C)C)cc1S(=O)(=O)Cl. The molecule has 1 unspecified atom stereocenters. The van der Waals surface area contributed by atoms with Gasteiger partial charge in [-0.05, 0) is 43.4 Å². The minimum atomic E-state index is -3.86. The Morgan fingerprint density at radius 1 is 1.29 bits per heavy atom. The summed E-state index contributed by atoms with van der Waals surface area (Å²) in [4.78, 5) is 12.2. The molecule has 0 saturated heterocycles. The molecule has 1 atom stereocenters. The van der Waals surface area contributed by atoms with Crippen molar-refractivity contribution in [2.24, 2.45) is 5.92 Å². The summed E-state index contributed by atoms with van der Waals surface area (Å²) in [5.41, 5.74) is 0.916. The Balaban J connectivity index is 3.02. The van der Waals surface area contributed by atoms with E-state index in [0.29, 0.717) is 23.5 Å². The molecule has 1 aromatic rings. The van der Waals surface area contributed by atoms with Crippen molar-refractivity contribution in [3.63, 3.8) is 0 Å². The summed E-state index contributed by atoms with van der Waals surface area (Å²) in [6, 6.07) is 4.64. The first-order chi connectivity index (χ1) is 9.65. The average molecular weight is 332 g/mol. The van der Waals surface area contributed by atoms with E-state index in [1.54, 1.807) is 12.1 Å². The third-order valence-corrected chi connectivity index (χ3v) is 4.58. The molecule has 21 heavy (non-hydrogen) atoms. The molecule has 118 valence electrons. The summed E-state index contributed by atoms with van der Waals surface area (Å²) < 4.78 is 23.2. The van der Waals surface area contributed by atoms with Crippen molar-refractivity contribution in [1.82, 2.24) is 5.32 Å². The molecular weight excluding hydrogens is 310 g/mol. The maximum absolute atomic E-state index is 12.2. The van der Waals surface area contributed by atoms with Crippen molar-refractivity contribution >= 4 is 25.6 Å². The Morgan fingerprint density at radius 3 is 2.38 bits per heavy atom. The summed E-state index contributed by atoms with van der Waals surface area (Å²) in [6.07, 6.45) is 1.40. The van der Waals surface area contributed by atoms with E-state index in [0.717, 1.165) is 6.42 Å². The molecule has 0 aliphatic rings. The lowest BCUT2D eigenvalue weighted by molar-refractivity contribution is 0.0936. The number of rotatable bonds is 6. The summed E-state index contributed by atoms with van der Waals surface area (Å²) >= 11 is 0. The molecule has 0 bridgehead atoms. The zero-order valence-corrected chi connectivity index (χ0v) is 14.4. The van der Waals surface area contributed by atoms with Crippen LogP contribution in [0.3, 0.4) is 0 Å². The van der Waals surface area contributed by atoms with Gasteiger partial charge < -0.3 is 5.32 Å². The number of halogens is 1. The van der Waals surface area contributed by atoms with Crippen molar-refractivity contribution in [3.8, 4) is 0 Å². The summed E-state index contributed by atoms with van der Waals surface area (Å²) in [6.45, 7) is 7.93.